The van der Waals surface area contributed by atoms with Crippen LogP contribution in [0.1, 0.15) is 12.8 Å². The number of esters is 1. The lowest BCUT2D eigenvalue weighted by Gasteiger charge is -2.32. The molecule has 118 valence electrons. The highest BCUT2D eigenvalue weighted by molar-refractivity contribution is 8.01. The smallest absolute Gasteiger partial charge is 0.422 e. The number of benzene rings is 1. The zero-order chi connectivity index (χ0) is 15.8. The molecule has 2 bridgehead atoms. The van der Waals surface area contributed by atoms with Crippen molar-refractivity contribution in [2.75, 3.05) is 6.61 Å². The number of carbonyl (C=O) groups excluding carboxylic acids is 1. The Kier molecular flexibility index (Phi) is 3.97. The maximum atomic E-state index is 12.4. The Morgan fingerprint density at radius 2 is 2.00 bits per heavy atom. The minimum absolute atomic E-state index is 0.0663. The van der Waals surface area contributed by atoms with Crippen LogP contribution in [0.5, 0.6) is 0 Å². The molecule has 3 atom stereocenters. The van der Waals surface area contributed by atoms with E-state index in [-0.39, 0.29) is 11.8 Å². The van der Waals surface area contributed by atoms with Gasteiger partial charge in [-0.15, -0.1) is 11.8 Å². The molecule has 2 nitrogen and oxygen atoms in total. The second-order valence-electron chi connectivity index (χ2n) is 5.69. The summed E-state index contributed by atoms with van der Waals surface area (Å²) in [6.45, 7) is -1.52. The molecule has 1 saturated carbocycles. The van der Waals surface area contributed by atoms with Crippen molar-refractivity contribution >= 4 is 17.7 Å². The zero-order valence-electron chi connectivity index (χ0n) is 11.7. The SMILES string of the molecule is O=C(OCC(F)(F)F)[C@@]1(Sc2ccccc2)C[C@H]2C=C[C@@H]1C2. The molecule has 2 aliphatic carbocycles. The summed E-state index contributed by atoms with van der Waals surface area (Å²) < 4.78 is 40.7. The lowest BCUT2D eigenvalue weighted by molar-refractivity contribution is -0.188. The average molecular weight is 328 g/mol. The first-order valence-electron chi connectivity index (χ1n) is 7.05. The maximum absolute atomic E-state index is 12.4. The highest BCUT2D eigenvalue weighted by Crippen LogP contribution is 2.56. The first kappa shape index (κ1) is 15.5. The fourth-order valence-corrected chi connectivity index (χ4v) is 4.65. The molecule has 0 N–H and O–H groups in total. The van der Waals surface area contributed by atoms with Crippen LogP contribution < -0.4 is 0 Å². The Labute approximate surface area is 130 Å². The summed E-state index contributed by atoms with van der Waals surface area (Å²) >= 11 is 1.33. The summed E-state index contributed by atoms with van der Waals surface area (Å²) in [6, 6.07) is 9.28. The van der Waals surface area contributed by atoms with Crippen molar-refractivity contribution in [3.05, 3.63) is 42.5 Å². The van der Waals surface area contributed by atoms with Gasteiger partial charge in [-0.05, 0) is 30.9 Å². The predicted octanol–water partition coefficient (Wildman–Crippen LogP) is 4.22. The normalized spacial score (nSPS) is 29.8. The lowest BCUT2D eigenvalue weighted by Crippen LogP contribution is -2.42. The van der Waals surface area contributed by atoms with Crippen molar-refractivity contribution in [3.63, 3.8) is 0 Å². The van der Waals surface area contributed by atoms with Crippen LogP contribution in [0.2, 0.25) is 0 Å². The van der Waals surface area contributed by atoms with Crippen LogP contribution >= 0.6 is 11.8 Å². The number of hydrogen-bond acceptors (Lipinski definition) is 3. The summed E-state index contributed by atoms with van der Waals surface area (Å²) in [6.07, 6.45) is 0.831. The van der Waals surface area contributed by atoms with E-state index >= 15 is 0 Å². The summed E-state index contributed by atoms with van der Waals surface area (Å²) in [5.74, 6) is -0.571. The van der Waals surface area contributed by atoms with Crippen LogP contribution in [-0.4, -0.2) is 23.5 Å². The van der Waals surface area contributed by atoms with Crippen LogP contribution in [0.25, 0.3) is 0 Å². The molecule has 0 spiro atoms. The molecule has 0 amide bonds. The monoisotopic (exact) mass is 328 g/mol. The third kappa shape index (κ3) is 3.02. The third-order valence-electron chi connectivity index (χ3n) is 4.09. The average Bonchev–Trinajstić information content (AvgIpc) is 3.06. The Bertz CT molecular complexity index is 585. The second-order valence-corrected chi connectivity index (χ2v) is 7.09. The van der Waals surface area contributed by atoms with E-state index in [9.17, 15) is 18.0 Å². The number of thioether (sulfide) groups is 1. The van der Waals surface area contributed by atoms with Gasteiger partial charge < -0.3 is 4.74 Å². The Morgan fingerprint density at radius 1 is 1.27 bits per heavy atom. The van der Waals surface area contributed by atoms with Crippen LogP contribution in [0.15, 0.2) is 47.4 Å². The van der Waals surface area contributed by atoms with Crippen molar-refractivity contribution in [1.29, 1.82) is 0 Å². The first-order chi connectivity index (χ1) is 10.4. The van der Waals surface area contributed by atoms with E-state index in [0.29, 0.717) is 6.42 Å². The Morgan fingerprint density at radius 3 is 2.55 bits per heavy atom. The summed E-state index contributed by atoms with van der Waals surface area (Å²) in [5.41, 5.74) is 0. The summed E-state index contributed by atoms with van der Waals surface area (Å²) in [5, 5.41) is 0. The van der Waals surface area contributed by atoms with Gasteiger partial charge in [-0.25, -0.2) is 0 Å². The van der Waals surface area contributed by atoms with E-state index in [1.165, 1.54) is 11.8 Å². The molecule has 0 aromatic heterocycles. The Balaban J connectivity index is 1.82. The second kappa shape index (κ2) is 5.65. The van der Waals surface area contributed by atoms with Crippen molar-refractivity contribution in [2.24, 2.45) is 11.8 Å². The standard InChI is InChI=1S/C16H15F3O2S/c17-16(18,19)10-21-14(20)15(9-11-6-7-12(15)8-11)22-13-4-2-1-3-5-13/h1-7,11-12H,8-10H2/t11-,12+,15+/m0/s1. The molecule has 0 unspecified atom stereocenters. The van der Waals surface area contributed by atoms with Crippen molar-refractivity contribution in [2.45, 2.75) is 28.7 Å². The van der Waals surface area contributed by atoms with Gasteiger partial charge in [0.2, 0.25) is 0 Å². The lowest BCUT2D eigenvalue weighted by atomic mass is 9.92. The van der Waals surface area contributed by atoms with Crippen molar-refractivity contribution in [1.82, 2.24) is 0 Å². The van der Waals surface area contributed by atoms with E-state index in [0.717, 1.165) is 11.3 Å². The number of alkyl halides is 3. The summed E-state index contributed by atoms with van der Waals surface area (Å²) in [4.78, 5) is 13.3. The fourth-order valence-electron chi connectivity index (χ4n) is 3.17. The minimum atomic E-state index is -4.50. The molecule has 22 heavy (non-hydrogen) atoms. The van der Waals surface area contributed by atoms with E-state index in [1.54, 1.807) is 0 Å². The van der Waals surface area contributed by atoms with Gasteiger partial charge in [0.25, 0.3) is 0 Å². The molecular formula is C16H15F3O2S. The third-order valence-corrected chi connectivity index (χ3v) is 5.60. The molecule has 0 saturated heterocycles. The number of ether oxygens (including phenoxy) is 1. The topological polar surface area (TPSA) is 26.3 Å². The molecule has 1 aromatic rings. The van der Waals surface area contributed by atoms with Gasteiger partial charge in [0, 0.05) is 10.8 Å². The van der Waals surface area contributed by atoms with Gasteiger partial charge in [0.05, 0.1) is 0 Å². The highest BCUT2D eigenvalue weighted by Gasteiger charge is 2.55. The van der Waals surface area contributed by atoms with Crippen molar-refractivity contribution < 1.29 is 22.7 Å². The van der Waals surface area contributed by atoms with Gasteiger partial charge in [-0.2, -0.15) is 13.2 Å². The Hall–Kier alpha value is -1.43. The van der Waals surface area contributed by atoms with Crippen LogP contribution in [0, 0.1) is 11.8 Å². The predicted molar refractivity (Wildman–Crippen MR) is 77.4 cm³/mol. The molecule has 3 rings (SSSR count). The number of halogens is 3. The van der Waals surface area contributed by atoms with Crippen LogP contribution in [0.4, 0.5) is 13.2 Å². The fraction of sp³-hybridized carbons (Fsp3) is 0.438. The van der Waals surface area contributed by atoms with Crippen LogP contribution in [0.3, 0.4) is 0 Å². The number of hydrogen-bond donors (Lipinski definition) is 0. The molecule has 1 aromatic carbocycles. The first-order valence-corrected chi connectivity index (χ1v) is 7.87. The maximum Gasteiger partial charge on any atom is 0.422 e. The van der Waals surface area contributed by atoms with Gasteiger partial charge >= 0.3 is 12.1 Å². The number of allylic oxidation sites excluding steroid dienone is 2. The zero-order valence-corrected chi connectivity index (χ0v) is 12.5. The van der Waals surface area contributed by atoms with Gasteiger partial charge in [0.15, 0.2) is 6.61 Å². The number of rotatable bonds is 4. The molecule has 0 radical (unpaired) electrons. The van der Waals surface area contributed by atoms with E-state index in [1.807, 2.05) is 42.5 Å². The van der Waals surface area contributed by atoms with E-state index < -0.39 is 23.5 Å². The van der Waals surface area contributed by atoms with Crippen molar-refractivity contribution in [3.8, 4) is 0 Å². The van der Waals surface area contributed by atoms with Gasteiger partial charge in [-0.1, -0.05) is 30.4 Å². The largest absolute Gasteiger partial charge is 0.455 e. The number of fused-ring (bicyclic) bond motifs is 2. The number of carbonyl (C=O) groups is 1. The van der Waals surface area contributed by atoms with Crippen LogP contribution in [-0.2, 0) is 9.53 Å². The molecular weight excluding hydrogens is 313 g/mol. The highest BCUT2D eigenvalue weighted by atomic mass is 32.2. The minimum Gasteiger partial charge on any atom is -0.455 e. The molecule has 0 aliphatic heterocycles. The quantitative estimate of drug-likeness (QED) is 0.611. The summed E-state index contributed by atoms with van der Waals surface area (Å²) in [7, 11) is 0. The van der Waals surface area contributed by atoms with E-state index in [2.05, 4.69) is 4.74 Å². The molecule has 1 fully saturated rings. The van der Waals surface area contributed by atoms with Gasteiger partial charge in [-0.3, -0.25) is 4.79 Å². The molecule has 6 heteroatoms. The molecule has 0 heterocycles. The van der Waals surface area contributed by atoms with E-state index in [4.69, 9.17) is 0 Å². The van der Waals surface area contributed by atoms with Gasteiger partial charge in [0.1, 0.15) is 4.75 Å². The molecule has 2 aliphatic rings.